The van der Waals surface area contributed by atoms with Crippen molar-refractivity contribution in [3.05, 3.63) is 40.4 Å². The van der Waals surface area contributed by atoms with Gasteiger partial charge in [-0.25, -0.2) is 0 Å². The maximum Gasteiger partial charge on any atom is 0.269 e. The van der Waals surface area contributed by atoms with Crippen molar-refractivity contribution in [1.82, 2.24) is 5.32 Å². The Labute approximate surface area is 77.7 Å². The summed E-state index contributed by atoms with van der Waals surface area (Å²) < 4.78 is 0. The second kappa shape index (κ2) is 7.24. The Morgan fingerprint density at radius 1 is 1.38 bits per heavy atom. The maximum absolute atomic E-state index is 10.0. The normalized spacial score (nSPS) is 8.46. The molecule has 4 nitrogen and oxygen atoms in total. The summed E-state index contributed by atoms with van der Waals surface area (Å²) in [5, 5.41) is 12.9. The molecule has 0 fully saturated rings. The minimum absolute atomic E-state index is 0.137. The Morgan fingerprint density at radius 2 is 1.85 bits per heavy atom. The highest BCUT2D eigenvalue weighted by Crippen LogP contribution is 2.06. The van der Waals surface area contributed by atoms with Crippen molar-refractivity contribution in [2.24, 2.45) is 0 Å². The molecule has 0 saturated heterocycles. The summed E-state index contributed by atoms with van der Waals surface area (Å²) in [6, 6.07) is 7.93. The molecule has 1 aromatic rings. The summed E-state index contributed by atoms with van der Waals surface area (Å²) in [7, 11) is 1.93. The predicted octanol–water partition coefficient (Wildman–Crippen LogP) is 1.82. The third-order valence-electron chi connectivity index (χ3n) is 1.32. The van der Waals surface area contributed by atoms with Crippen LogP contribution in [0.25, 0.3) is 0 Å². The fraction of sp³-hybridized carbons (Fsp3) is 0.333. The molecule has 0 aromatic heterocycles. The third-order valence-corrected chi connectivity index (χ3v) is 1.32. The molecule has 0 aliphatic rings. The Bertz CT molecular complexity index is 235. The molecule has 1 aromatic carbocycles. The van der Waals surface area contributed by atoms with E-state index in [1.54, 1.807) is 18.2 Å². The van der Waals surface area contributed by atoms with E-state index in [-0.39, 0.29) is 5.69 Å². The molecule has 0 bridgehead atoms. The number of nitrogens with one attached hydrogen (secondary N) is 1. The van der Waals surface area contributed by atoms with Crippen LogP contribution < -0.4 is 5.32 Å². The number of nitro groups is 1. The Hall–Kier alpha value is -1.42. The van der Waals surface area contributed by atoms with Crippen LogP contribution in [0.3, 0.4) is 0 Å². The van der Waals surface area contributed by atoms with Gasteiger partial charge in [-0.2, -0.15) is 0 Å². The topological polar surface area (TPSA) is 55.2 Å². The zero-order valence-corrected chi connectivity index (χ0v) is 7.86. The van der Waals surface area contributed by atoms with Crippen LogP contribution >= 0.6 is 0 Å². The average Bonchev–Trinajstić information content (AvgIpc) is 2.19. The van der Waals surface area contributed by atoms with Gasteiger partial charge in [0.15, 0.2) is 0 Å². The van der Waals surface area contributed by atoms with E-state index in [1.165, 1.54) is 12.1 Å². The van der Waals surface area contributed by atoms with Gasteiger partial charge >= 0.3 is 0 Å². The molecule has 72 valence electrons. The van der Waals surface area contributed by atoms with E-state index in [4.69, 9.17) is 0 Å². The van der Waals surface area contributed by atoms with Crippen LogP contribution in [0, 0.1) is 10.1 Å². The summed E-state index contributed by atoms with van der Waals surface area (Å²) >= 11 is 0. The first-order valence-corrected chi connectivity index (χ1v) is 4.06. The maximum atomic E-state index is 10.0. The number of benzene rings is 1. The van der Waals surface area contributed by atoms with E-state index in [0.29, 0.717) is 0 Å². The quantitative estimate of drug-likeness (QED) is 0.560. The van der Waals surface area contributed by atoms with Gasteiger partial charge in [-0.05, 0) is 13.6 Å². The summed E-state index contributed by atoms with van der Waals surface area (Å²) in [6.45, 7) is 3.14. The van der Waals surface area contributed by atoms with Crippen molar-refractivity contribution in [1.29, 1.82) is 0 Å². The van der Waals surface area contributed by atoms with Gasteiger partial charge in [0.25, 0.3) is 5.69 Å². The van der Waals surface area contributed by atoms with Crippen molar-refractivity contribution < 1.29 is 4.92 Å². The van der Waals surface area contributed by atoms with Gasteiger partial charge in [-0.15, -0.1) is 0 Å². The molecule has 0 aliphatic carbocycles. The molecule has 0 aliphatic heterocycles. The number of non-ortho nitro benzene ring substituents is 1. The van der Waals surface area contributed by atoms with Crippen molar-refractivity contribution in [3.63, 3.8) is 0 Å². The number of nitrogens with zero attached hydrogens (tertiary/aromatic N) is 1. The molecule has 0 heterocycles. The lowest BCUT2D eigenvalue weighted by Gasteiger charge is -1.85. The van der Waals surface area contributed by atoms with Crippen molar-refractivity contribution in [2.75, 3.05) is 13.6 Å². The first-order chi connectivity index (χ1) is 6.22. The van der Waals surface area contributed by atoms with Gasteiger partial charge in [0.2, 0.25) is 0 Å². The lowest BCUT2D eigenvalue weighted by Crippen LogP contribution is -2.01. The zero-order valence-electron chi connectivity index (χ0n) is 7.86. The van der Waals surface area contributed by atoms with E-state index in [0.717, 1.165) is 6.54 Å². The fourth-order valence-electron chi connectivity index (χ4n) is 0.550. The predicted molar refractivity (Wildman–Crippen MR) is 52.7 cm³/mol. The Kier molecular flexibility index (Phi) is 6.45. The van der Waals surface area contributed by atoms with E-state index >= 15 is 0 Å². The highest BCUT2D eigenvalue weighted by molar-refractivity contribution is 5.27. The molecule has 0 amide bonds. The zero-order chi connectivity index (χ0) is 10.1. The van der Waals surface area contributed by atoms with E-state index < -0.39 is 4.92 Å². The third kappa shape index (κ3) is 5.81. The molecule has 4 heteroatoms. The lowest BCUT2D eigenvalue weighted by atomic mass is 10.3. The van der Waals surface area contributed by atoms with Crippen LogP contribution in [0.15, 0.2) is 30.3 Å². The molecule has 0 radical (unpaired) electrons. The molecule has 0 unspecified atom stereocenters. The molecule has 0 saturated carbocycles. The molecule has 1 rings (SSSR count). The smallest absolute Gasteiger partial charge is 0.269 e. The Morgan fingerprint density at radius 3 is 2.08 bits per heavy atom. The van der Waals surface area contributed by atoms with E-state index in [1.807, 2.05) is 7.05 Å². The first-order valence-electron chi connectivity index (χ1n) is 4.06. The highest BCUT2D eigenvalue weighted by Gasteiger charge is 1.98. The van der Waals surface area contributed by atoms with Crippen molar-refractivity contribution in [3.8, 4) is 0 Å². The van der Waals surface area contributed by atoms with E-state index in [9.17, 15) is 10.1 Å². The number of nitro benzene ring substituents is 1. The minimum atomic E-state index is -0.417. The van der Waals surface area contributed by atoms with Gasteiger partial charge in [-0.3, -0.25) is 10.1 Å². The average molecular weight is 182 g/mol. The lowest BCUT2D eigenvalue weighted by molar-refractivity contribution is -0.384. The second-order valence-electron chi connectivity index (χ2n) is 2.30. The van der Waals surface area contributed by atoms with Crippen molar-refractivity contribution >= 4 is 5.69 Å². The van der Waals surface area contributed by atoms with Crippen LogP contribution in [0.5, 0.6) is 0 Å². The van der Waals surface area contributed by atoms with Crippen LogP contribution in [0.2, 0.25) is 0 Å². The molecular formula is C9H14N2O2. The van der Waals surface area contributed by atoms with Crippen LogP contribution in [-0.4, -0.2) is 18.5 Å². The monoisotopic (exact) mass is 182 g/mol. The number of para-hydroxylation sites is 1. The summed E-state index contributed by atoms with van der Waals surface area (Å²) in [4.78, 5) is 9.59. The number of rotatable bonds is 2. The van der Waals surface area contributed by atoms with Gasteiger partial charge in [0.1, 0.15) is 0 Å². The number of hydrogen-bond acceptors (Lipinski definition) is 3. The summed E-state index contributed by atoms with van der Waals surface area (Å²) in [5.41, 5.74) is 0.137. The first kappa shape index (κ1) is 11.6. The minimum Gasteiger partial charge on any atom is -0.320 e. The Balaban J connectivity index is 0.000000310. The van der Waals surface area contributed by atoms with Crippen LogP contribution in [0.4, 0.5) is 5.69 Å². The molecular weight excluding hydrogens is 168 g/mol. The SMILES string of the molecule is CCNC.O=[N+]([O-])c1ccccc1. The highest BCUT2D eigenvalue weighted by atomic mass is 16.6. The van der Waals surface area contributed by atoms with Crippen LogP contribution in [-0.2, 0) is 0 Å². The van der Waals surface area contributed by atoms with Gasteiger partial charge < -0.3 is 5.32 Å². The number of hydrogen-bond donors (Lipinski definition) is 1. The van der Waals surface area contributed by atoms with Gasteiger partial charge in [0, 0.05) is 12.1 Å². The van der Waals surface area contributed by atoms with Gasteiger partial charge in [0.05, 0.1) is 4.92 Å². The molecule has 1 N–H and O–H groups in total. The molecule has 13 heavy (non-hydrogen) atoms. The second-order valence-corrected chi connectivity index (χ2v) is 2.30. The summed E-state index contributed by atoms with van der Waals surface area (Å²) in [5.74, 6) is 0. The summed E-state index contributed by atoms with van der Waals surface area (Å²) in [6.07, 6.45) is 0. The van der Waals surface area contributed by atoms with E-state index in [2.05, 4.69) is 12.2 Å². The van der Waals surface area contributed by atoms with Crippen LogP contribution in [0.1, 0.15) is 6.92 Å². The fourth-order valence-corrected chi connectivity index (χ4v) is 0.550. The largest absolute Gasteiger partial charge is 0.320 e. The van der Waals surface area contributed by atoms with Crippen molar-refractivity contribution in [2.45, 2.75) is 6.92 Å². The standard InChI is InChI=1S/C6H5NO2.C3H9N/c8-7(9)6-4-2-1-3-5-6;1-3-4-2/h1-5H;4H,3H2,1-2H3. The molecule has 0 spiro atoms. The van der Waals surface area contributed by atoms with Gasteiger partial charge in [-0.1, -0.05) is 25.1 Å². The molecule has 0 atom stereocenters.